The summed E-state index contributed by atoms with van der Waals surface area (Å²) in [5.74, 6) is 0. The van der Waals surface area contributed by atoms with E-state index in [4.69, 9.17) is 0 Å². The molecule has 0 radical (unpaired) electrons. The predicted molar refractivity (Wildman–Crippen MR) is 51.2 cm³/mol. The van der Waals surface area contributed by atoms with Crippen LogP contribution in [-0.4, -0.2) is 0 Å². The molecule has 60 valence electrons. The highest BCUT2D eigenvalue weighted by molar-refractivity contribution is 5.85. The Balaban J connectivity index is 0. The molecule has 0 N–H and O–H groups in total. The molecule has 0 spiro atoms. The van der Waals surface area contributed by atoms with E-state index in [2.05, 4.69) is 24.3 Å². The fourth-order valence-electron chi connectivity index (χ4n) is 0.856. The zero-order valence-electron chi connectivity index (χ0n) is 5.95. The number of allylic oxidation sites excluding steroid dienone is 4. The molecule has 0 heterocycles. The zero-order valence-corrected chi connectivity index (χ0v) is 7.59. The SMILES string of the molecule is C1=CCC/C=C\CC1.Cl.Cl. The molecule has 0 aromatic heterocycles. The molecular formula is C8H14Cl2. The van der Waals surface area contributed by atoms with Gasteiger partial charge in [-0.2, -0.15) is 0 Å². The smallest absolute Gasteiger partial charge is 0.0316 e. The van der Waals surface area contributed by atoms with Gasteiger partial charge >= 0.3 is 0 Å². The third kappa shape index (κ3) is 6.18. The second-order valence-corrected chi connectivity index (χ2v) is 2.10. The Morgan fingerprint density at radius 1 is 0.500 bits per heavy atom. The Labute approximate surface area is 75.2 Å². The van der Waals surface area contributed by atoms with E-state index in [1.807, 2.05) is 0 Å². The zero-order chi connectivity index (χ0) is 5.66. The minimum atomic E-state index is 0. The van der Waals surface area contributed by atoms with Crippen molar-refractivity contribution in [1.82, 2.24) is 0 Å². The first-order valence-electron chi connectivity index (χ1n) is 3.30. The van der Waals surface area contributed by atoms with Crippen molar-refractivity contribution in [1.29, 1.82) is 0 Å². The normalized spacial score (nSPS) is 19.2. The average Bonchev–Trinajstić information content (AvgIpc) is 1.62. The number of hydrogen-bond acceptors (Lipinski definition) is 0. The van der Waals surface area contributed by atoms with E-state index < -0.39 is 0 Å². The maximum absolute atomic E-state index is 2.27. The van der Waals surface area contributed by atoms with Crippen LogP contribution in [0.5, 0.6) is 0 Å². The maximum Gasteiger partial charge on any atom is -0.0316 e. The van der Waals surface area contributed by atoms with E-state index in [-0.39, 0.29) is 24.8 Å². The van der Waals surface area contributed by atoms with Gasteiger partial charge in [0.2, 0.25) is 0 Å². The van der Waals surface area contributed by atoms with Crippen molar-refractivity contribution in [2.75, 3.05) is 0 Å². The molecule has 0 unspecified atom stereocenters. The molecule has 1 rings (SSSR count). The van der Waals surface area contributed by atoms with Crippen LogP contribution in [0, 0.1) is 0 Å². The lowest BCUT2D eigenvalue weighted by Crippen LogP contribution is -1.71. The summed E-state index contributed by atoms with van der Waals surface area (Å²) in [4.78, 5) is 0. The lowest BCUT2D eigenvalue weighted by Gasteiger charge is -1.92. The van der Waals surface area contributed by atoms with Gasteiger partial charge in [0.15, 0.2) is 0 Å². The minimum absolute atomic E-state index is 0. The maximum atomic E-state index is 2.27. The molecule has 0 saturated heterocycles. The molecule has 2 heteroatoms. The summed E-state index contributed by atoms with van der Waals surface area (Å²) >= 11 is 0. The molecular weight excluding hydrogens is 167 g/mol. The first-order chi connectivity index (χ1) is 4.00. The summed E-state index contributed by atoms with van der Waals surface area (Å²) in [7, 11) is 0. The Morgan fingerprint density at radius 3 is 0.900 bits per heavy atom. The van der Waals surface area contributed by atoms with Gasteiger partial charge in [-0.15, -0.1) is 24.8 Å². The van der Waals surface area contributed by atoms with E-state index in [0.717, 1.165) is 0 Å². The summed E-state index contributed by atoms with van der Waals surface area (Å²) < 4.78 is 0. The number of halogens is 2. The summed E-state index contributed by atoms with van der Waals surface area (Å²) in [6.45, 7) is 0. The fraction of sp³-hybridized carbons (Fsp3) is 0.500. The Kier molecular flexibility index (Phi) is 11.5. The summed E-state index contributed by atoms with van der Waals surface area (Å²) in [5, 5.41) is 0. The lowest BCUT2D eigenvalue weighted by molar-refractivity contribution is 0.962. The average molecular weight is 181 g/mol. The standard InChI is InChI=1S/C8H12.2ClH/c1-2-4-6-8-7-5-3-1;;/h1-2,7-8H,3-6H2;2*1H/b2-1-,8-7?;;. The van der Waals surface area contributed by atoms with E-state index in [9.17, 15) is 0 Å². The van der Waals surface area contributed by atoms with Crippen LogP contribution in [0.1, 0.15) is 25.7 Å². The van der Waals surface area contributed by atoms with Gasteiger partial charge < -0.3 is 0 Å². The van der Waals surface area contributed by atoms with Gasteiger partial charge in [0, 0.05) is 0 Å². The molecule has 0 bridgehead atoms. The second kappa shape index (κ2) is 9.06. The summed E-state index contributed by atoms with van der Waals surface area (Å²) in [6, 6.07) is 0. The van der Waals surface area contributed by atoms with E-state index >= 15 is 0 Å². The Hall–Kier alpha value is 0.0600. The molecule has 0 aromatic carbocycles. The Morgan fingerprint density at radius 2 is 0.700 bits per heavy atom. The van der Waals surface area contributed by atoms with Crippen molar-refractivity contribution in [3.63, 3.8) is 0 Å². The van der Waals surface area contributed by atoms with Crippen LogP contribution in [0.4, 0.5) is 0 Å². The highest BCUT2D eigenvalue weighted by atomic mass is 35.5. The van der Waals surface area contributed by atoms with E-state index in [1.54, 1.807) is 0 Å². The molecule has 10 heavy (non-hydrogen) atoms. The molecule has 1 aliphatic rings. The van der Waals surface area contributed by atoms with Gasteiger partial charge in [-0.05, 0) is 25.7 Å². The molecule has 0 fully saturated rings. The monoisotopic (exact) mass is 180 g/mol. The van der Waals surface area contributed by atoms with Crippen molar-refractivity contribution in [2.24, 2.45) is 0 Å². The molecule has 0 atom stereocenters. The van der Waals surface area contributed by atoms with Gasteiger partial charge in [0.1, 0.15) is 0 Å². The fourth-order valence-corrected chi connectivity index (χ4v) is 0.856. The molecule has 0 amide bonds. The van der Waals surface area contributed by atoms with Gasteiger partial charge in [0.25, 0.3) is 0 Å². The number of hydrogen-bond donors (Lipinski definition) is 0. The van der Waals surface area contributed by atoms with Crippen LogP contribution in [-0.2, 0) is 0 Å². The van der Waals surface area contributed by atoms with Crippen molar-refractivity contribution in [3.05, 3.63) is 24.3 Å². The molecule has 0 aromatic rings. The van der Waals surface area contributed by atoms with E-state index in [0.29, 0.717) is 0 Å². The van der Waals surface area contributed by atoms with Crippen LogP contribution in [0.25, 0.3) is 0 Å². The van der Waals surface area contributed by atoms with Crippen molar-refractivity contribution in [3.8, 4) is 0 Å². The highest BCUT2D eigenvalue weighted by Gasteiger charge is 1.81. The quantitative estimate of drug-likeness (QED) is 0.501. The first-order valence-corrected chi connectivity index (χ1v) is 3.30. The van der Waals surface area contributed by atoms with Gasteiger partial charge in [-0.25, -0.2) is 0 Å². The van der Waals surface area contributed by atoms with Gasteiger partial charge in [-0.1, -0.05) is 24.3 Å². The van der Waals surface area contributed by atoms with Crippen LogP contribution < -0.4 is 0 Å². The van der Waals surface area contributed by atoms with Crippen LogP contribution in [0.3, 0.4) is 0 Å². The molecule has 0 aliphatic heterocycles. The summed E-state index contributed by atoms with van der Waals surface area (Å²) in [6.07, 6.45) is 14.0. The van der Waals surface area contributed by atoms with Crippen molar-refractivity contribution < 1.29 is 0 Å². The second-order valence-electron chi connectivity index (χ2n) is 2.10. The van der Waals surface area contributed by atoms with Gasteiger partial charge in [-0.3, -0.25) is 0 Å². The highest BCUT2D eigenvalue weighted by Crippen LogP contribution is 2.02. The summed E-state index contributed by atoms with van der Waals surface area (Å²) in [5.41, 5.74) is 0. The van der Waals surface area contributed by atoms with Crippen LogP contribution >= 0.6 is 24.8 Å². The largest absolute Gasteiger partial charge is 0.147 e. The van der Waals surface area contributed by atoms with Crippen LogP contribution in [0.15, 0.2) is 24.3 Å². The molecule has 0 saturated carbocycles. The molecule has 1 aliphatic carbocycles. The minimum Gasteiger partial charge on any atom is -0.147 e. The number of rotatable bonds is 0. The third-order valence-corrected chi connectivity index (χ3v) is 1.33. The first kappa shape index (κ1) is 12.7. The Bertz CT molecular complexity index is 79.8. The third-order valence-electron chi connectivity index (χ3n) is 1.33. The van der Waals surface area contributed by atoms with Gasteiger partial charge in [0.05, 0.1) is 0 Å². The molecule has 0 nitrogen and oxygen atoms in total. The van der Waals surface area contributed by atoms with E-state index in [1.165, 1.54) is 25.7 Å². The predicted octanol–water partition coefficient (Wildman–Crippen LogP) is 3.52. The van der Waals surface area contributed by atoms with Crippen molar-refractivity contribution in [2.45, 2.75) is 25.7 Å². The van der Waals surface area contributed by atoms with Crippen LogP contribution in [0.2, 0.25) is 0 Å². The lowest BCUT2D eigenvalue weighted by atomic mass is 10.1. The van der Waals surface area contributed by atoms with Crippen molar-refractivity contribution >= 4 is 24.8 Å². The topological polar surface area (TPSA) is 0 Å².